The third-order valence-electron chi connectivity index (χ3n) is 4.08. The highest BCUT2D eigenvalue weighted by Crippen LogP contribution is 2.09. The standard InChI is InChI=1S/C17H21FN4OS/c1-13-10-16(20-23-13)12-21-6-8-22(9-7-21)17(24)19-11-14-2-4-15(18)5-3-14/h2-5,10H,6-9,11-12H2,1H3,(H,19,24). The lowest BCUT2D eigenvalue weighted by molar-refractivity contribution is 0.171. The van der Waals surface area contributed by atoms with Gasteiger partial charge in [-0.2, -0.15) is 0 Å². The molecule has 0 spiro atoms. The van der Waals surface area contributed by atoms with E-state index in [1.54, 1.807) is 12.1 Å². The minimum absolute atomic E-state index is 0.222. The molecule has 0 saturated carbocycles. The van der Waals surface area contributed by atoms with Gasteiger partial charge in [0.25, 0.3) is 0 Å². The monoisotopic (exact) mass is 348 g/mol. The quantitative estimate of drug-likeness (QED) is 0.856. The highest BCUT2D eigenvalue weighted by molar-refractivity contribution is 7.80. The predicted octanol–water partition coefficient (Wildman–Crippen LogP) is 2.31. The molecule has 5 nitrogen and oxygen atoms in total. The summed E-state index contributed by atoms with van der Waals surface area (Å²) in [7, 11) is 0. The van der Waals surface area contributed by atoms with Crippen molar-refractivity contribution in [2.24, 2.45) is 0 Å². The van der Waals surface area contributed by atoms with E-state index in [9.17, 15) is 4.39 Å². The summed E-state index contributed by atoms with van der Waals surface area (Å²) in [6.07, 6.45) is 0. The van der Waals surface area contributed by atoms with Crippen molar-refractivity contribution in [3.8, 4) is 0 Å². The van der Waals surface area contributed by atoms with E-state index in [2.05, 4.69) is 20.3 Å². The fourth-order valence-corrected chi connectivity index (χ4v) is 2.98. The molecule has 0 amide bonds. The van der Waals surface area contributed by atoms with Crippen LogP contribution in [-0.2, 0) is 13.1 Å². The third-order valence-corrected chi connectivity index (χ3v) is 4.48. The van der Waals surface area contributed by atoms with E-state index in [1.807, 2.05) is 13.0 Å². The molecule has 24 heavy (non-hydrogen) atoms. The third kappa shape index (κ3) is 4.52. The summed E-state index contributed by atoms with van der Waals surface area (Å²) in [5, 5.41) is 8.03. The zero-order valence-corrected chi connectivity index (χ0v) is 14.5. The summed E-state index contributed by atoms with van der Waals surface area (Å²) >= 11 is 5.47. The Balaban J connectivity index is 1.42. The van der Waals surface area contributed by atoms with Crippen molar-refractivity contribution in [3.63, 3.8) is 0 Å². The Hall–Kier alpha value is -1.99. The maximum atomic E-state index is 12.9. The first-order valence-electron chi connectivity index (χ1n) is 8.02. The van der Waals surface area contributed by atoms with Crippen LogP contribution in [0, 0.1) is 12.7 Å². The van der Waals surface area contributed by atoms with E-state index in [4.69, 9.17) is 16.7 Å². The molecule has 128 valence electrons. The molecule has 7 heteroatoms. The van der Waals surface area contributed by atoms with Gasteiger partial charge in [0.15, 0.2) is 5.11 Å². The molecule has 1 aromatic carbocycles. The van der Waals surface area contributed by atoms with Gasteiger partial charge < -0.3 is 14.7 Å². The number of aromatic nitrogens is 1. The highest BCUT2D eigenvalue weighted by Gasteiger charge is 2.19. The first-order valence-corrected chi connectivity index (χ1v) is 8.43. The Morgan fingerprint density at radius 3 is 2.58 bits per heavy atom. The van der Waals surface area contributed by atoms with Crippen molar-refractivity contribution in [1.29, 1.82) is 0 Å². The van der Waals surface area contributed by atoms with Crippen molar-refractivity contribution < 1.29 is 8.91 Å². The van der Waals surface area contributed by atoms with Crippen LogP contribution in [0.25, 0.3) is 0 Å². The minimum atomic E-state index is -0.222. The van der Waals surface area contributed by atoms with Crippen molar-refractivity contribution in [2.45, 2.75) is 20.0 Å². The van der Waals surface area contributed by atoms with Crippen molar-refractivity contribution in [3.05, 3.63) is 53.2 Å². The van der Waals surface area contributed by atoms with Crippen molar-refractivity contribution in [2.75, 3.05) is 26.2 Å². The predicted molar refractivity (Wildman–Crippen MR) is 93.9 cm³/mol. The topological polar surface area (TPSA) is 44.5 Å². The fraction of sp³-hybridized carbons (Fsp3) is 0.412. The van der Waals surface area contributed by atoms with Gasteiger partial charge in [0.1, 0.15) is 11.6 Å². The van der Waals surface area contributed by atoms with Gasteiger partial charge in [0.05, 0.1) is 5.69 Å². The summed E-state index contributed by atoms with van der Waals surface area (Å²) in [6.45, 7) is 6.95. The smallest absolute Gasteiger partial charge is 0.169 e. The first kappa shape index (κ1) is 16.9. The van der Waals surface area contributed by atoms with Crippen LogP contribution < -0.4 is 5.32 Å². The van der Waals surface area contributed by atoms with Gasteiger partial charge in [-0.25, -0.2) is 4.39 Å². The average molecular weight is 348 g/mol. The van der Waals surface area contributed by atoms with Crippen molar-refractivity contribution in [1.82, 2.24) is 20.3 Å². The normalized spacial score (nSPS) is 15.5. The van der Waals surface area contributed by atoms with E-state index in [-0.39, 0.29) is 5.82 Å². The Morgan fingerprint density at radius 2 is 1.96 bits per heavy atom. The molecule has 0 atom stereocenters. The molecule has 1 aliphatic rings. The zero-order valence-electron chi connectivity index (χ0n) is 13.7. The number of thiocarbonyl (C=S) groups is 1. The van der Waals surface area contributed by atoms with Crippen LogP contribution in [0.15, 0.2) is 34.9 Å². The summed E-state index contributed by atoms with van der Waals surface area (Å²) in [4.78, 5) is 4.51. The summed E-state index contributed by atoms with van der Waals surface area (Å²) in [5.41, 5.74) is 1.98. The lowest BCUT2D eigenvalue weighted by Crippen LogP contribution is -2.51. The number of benzene rings is 1. The Morgan fingerprint density at radius 1 is 1.25 bits per heavy atom. The summed E-state index contributed by atoms with van der Waals surface area (Å²) in [5.74, 6) is 0.620. The van der Waals surface area contributed by atoms with Crippen LogP contribution in [0.2, 0.25) is 0 Å². The molecular formula is C17H21FN4OS. The first-order chi connectivity index (χ1) is 11.6. The molecule has 1 aromatic heterocycles. The number of hydrogen-bond acceptors (Lipinski definition) is 4. The number of piperazine rings is 1. The van der Waals surface area contributed by atoms with E-state index >= 15 is 0 Å². The average Bonchev–Trinajstić information content (AvgIpc) is 2.99. The zero-order chi connectivity index (χ0) is 16.9. The minimum Gasteiger partial charge on any atom is -0.361 e. The Labute approximate surface area is 146 Å². The molecule has 0 radical (unpaired) electrons. The van der Waals surface area contributed by atoms with Gasteiger partial charge in [0.2, 0.25) is 0 Å². The Bertz CT molecular complexity index is 680. The number of aryl methyl sites for hydroxylation is 1. The Kier molecular flexibility index (Phi) is 5.42. The van der Waals surface area contributed by atoms with Gasteiger partial charge in [-0.05, 0) is 36.8 Å². The second kappa shape index (κ2) is 7.72. The number of halogens is 1. The molecule has 2 aromatic rings. The lowest BCUT2D eigenvalue weighted by atomic mass is 10.2. The van der Waals surface area contributed by atoms with Crippen LogP contribution in [0.5, 0.6) is 0 Å². The second-order valence-electron chi connectivity index (χ2n) is 5.98. The van der Waals surface area contributed by atoms with Gasteiger partial charge in [-0.3, -0.25) is 4.90 Å². The maximum Gasteiger partial charge on any atom is 0.169 e. The van der Waals surface area contributed by atoms with Gasteiger partial charge in [-0.15, -0.1) is 0 Å². The van der Waals surface area contributed by atoms with Crippen LogP contribution in [0.4, 0.5) is 4.39 Å². The molecular weight excluding hydrogens is 327 g/mol. The number of nitrogens with zero attached hydrogens (tertiary/aromatic N) is 3. The molecule has 0 unspecified atom stereocenters. The van der Waals surface area contributed by atoms with E-state index in [0.717, 1.165) is 54.9 Å². The molecule has 1 aliphatic heterocycles. The molecule has 1 saturated heterocycles. The maximum absolute atomic E-state index is 12.9. The van der Waals surface area contributed by atoms with Crippen LogP contribution >= 0.6 is 12.2 Å². The molecule has 0 aliphatic carbocycles. The second-order valence-corrected chi connectivity index (χ2v) is 6.36. The number of rotatable bonds is 4. The molecule has 1 fully saturated rings. The fourth-order valence-electron chi connectivity index (χ4n) is 2.72. The van der Waals surface area contributed by atoms with E-state index in [0.29, 0.717) is 6.54 Å². The van der Waals surface area contributed by atoms with Crippen LogP contribution in [0.1, 0.15) is 17.0 Å². The molecule has 0 bridgehead atoms. The largest absolute Gasteiger partial charge is 0.361 e. The molecule has 1 N–H and O–H groups in total. The number of hydrogen-bond donors (Lipinski definition) is 1. The highest BCUT2D eigenvalue weighted by atomic mass is 32.1. The van der Waals surface area contributed by atoms with Crippen LogP contribution in [0.3, 0.4) is 0 Å². The van der Waals surface area contributed by atoms with Gasteiger partial charge in [0, 0.05) is 45.3 Å². The SMILES string of the molecule is Cc1cc(CN2CCN(C(=S)NCc3ccc(F)cc3)CC2)no1. The summed E-state index contributed by atoms with van der Waals surface area (Å²) < 4.78 is 18.0. The van der Waals surface area contributed by atoms with Crippen LogP contribution in [-0.4, -0.2) is 46.2 Å². The van der Waals surface area contributed by atoms with Gasteiger partial charge in [-0.1, -0.05) is 17.3 Å². The van der Waals surface area contributed by atoms with E-state index in [1.165, 1.54) is 12.1 Å². The van der Waals surface area contributed by atoms with Crippen molar-refractivity contribution >= 4 is 17.3 Å². The molecule has 2 heterocycles. The van der Waals surface area contributed by atoms with Gasteiger partial charge >= 0.3 is 0 Å². The lowest BCUT2D eigenvalue weighted by Gasteiger charge is -2.35. The number of nitrogens with one attached hydrogen (secondary N) is 1. The molecule has 3 rings (SSSR count). The summed E-state index contributed by atoms with van der Waals surface area (Å²) in [6, 6.07) is 8.43. The van der Waals surface area contributed by atoms with E-state index < -0.39 is 0 Å².